The molecule has 0 amide bonds. The number of nitrogens with two attached hydrogens (primary N) is 1. The number of rotatable bonds is 10. The summed E-state index contributed by atoms with van der Waals surface area (Å²) < 4.78 is 55.7. The molecular formula is C24H32F2N8O2. The molecule has 5 N–H and O–H groups in total. The van der Waals surface area contributed by atoms with Crippen molar-refractivity contribution >= 4 is 34.6 Å². The van der Waals surface area contributed by atoms with E-state index < -0.39 is 24.2 Å². The van der Waals surface area contributed by atoms with Gasteiger partial charge in [-0.1, -0.05) is 0 Å². The Hall–Kier alpha value is -3.77. The fourth-order valence-electron chi connectivity index (χ4n) is 3.42. The van der Waals surface area contributed by atoms with Crippen molar-refractivity contribution in [2.75, 3.05) is 62.5 Å². The normalized spacial score (nSPS) is 13.1. The topological polar surface area (TPSA) is 125 Å². The minimum atomic E-state index is -2.20. The molecule has 0 fully saturated rings. The highest BCUT2D eigenvalue weighted by molar-refractivity contribution is 5.79. The first-order valence-electron chi connectivity index (χ1n) is 12.4. The van der Waals surface area contributed by atoms with Gasteiger partial charge in [-0.2, -0.15) is 4.98 Å². The van der Waals surface area contributed by atoms with E-state index in [1.807, 2.05) is 4.90 Å². The molecule has 0 aliphatic rings. The van der Waals surface area contributed by atoms with Gasteiger partial charge in [0.05, 0.1) is 35.5 Å². The highest BCUT2D eigenvalue weighted by Crippen LogP contribution is 2.36. The van der Waals surface area contributed by atoms with E-state index in [4.69, 9.17) is 14.6 Å². The van der Waals surface area contributed by atoms with Crippen LogP contribution in [-0.2, 0) is 5.60 Å². The fraction of sp³-hybridized carbons (Fsp3) is 0.375. The van der Waals surface area contributed by atoms with Crippen LogP contribution >= 0.6 is 0 Å². The van der Waals surface area contributed by atoms with Crippen molar-refractivity contribution in [2.45, 2.75) is 19.4 Å². The quantitative estimate of drug-likeness (QED) is 0.305. The Morgan fingerprint density at radius 1 is 1.06 bits per heavy atom. The van der Waals surface area contributed by atoms with Gasteiger partial charge in [-0.05, 0) is 40.0 Å². The van der Waals surface area contributed by atoms with Crippen molar-refractivity contribution in [2.24, 2.45) is 0 Å². The van der Waals surface area contributed by atoms with Crippen LogP contribution in [0, 0.1) is 11.6 Å². The number of halogens is 2. The molecule has 0 aliphatic carbocycles. The van der Waals surface area contributed by atoms with Gasteiger partial charge >= 0.3 is 0 Å². The van der Waals surface area contributed by atoms with Crippen molar-refractivity contribution < 1.29 is 22.7 Å². The van der Waals surface area contributed by atoms with E-state index >= 15 is 0 Å². The molecule has 0 saturated heterocycles. The molecule has 2 aromatic carbocycles. The van der Waals surface area contributed by atoms with Crippen LogP contribution in [0.1, 0.15) is 23.5 Å². The molecule has 0 unspecified atom stereocenters. The maximum absolute atomic E-state index is 13.9. The van der Waals surface area contributed by atoms with Crippen LogP contribution in [0.15, 0.2) is 30.6 Å². The van der Waals surface area contributed by atoms with Crippen molar-refractivity contribution in [1.82, 2.24) is 19.9 Å². The Labute approximate surface area is 213 Å². The zero-order valence-corrected chi connectivity index (χ0v) is 20.7. The molecule has 194 valence electrons. The van der Waals surface area contributed by atoms with Crippen LogP contribution in [0.3, 0.4) is 0 Å². The third kappa shape index (κ3) is 6.46. The number of anilines is 6. The minimum Gasteiger partial charge on any atom is -0.494 e. The Morgan fingerprint density at radius 2 is 1.69 bits per heavy atom. The van der Waals surface area contributed by atoms with Crippen molar-refractivity contribution in [3.8, 4) is 5.75 Å². The van der Waals surface area contributed by atoms with E-state index in [1.54, 1.807) is 19.2 Å². The summed E-state index contributed by atoms with van der Waals surface area (Å²) in [5.41, 5.74) is 6.46. The molecule has 3 aromatic rings. The van der Waals surface area contributed by atoms with Gasteiger partial charge in [0.2, 0.25) is 11.9 Å². The lowest BCUT2D eigenvalue weighted by Crippen LogP contribution is -2.29. The zero-order valence-electron chi connectivity index (χ0n) is 23.7. The smallest absolute Gasteiger partial charge is 0.232 e. The van der Waals surface area contributed by atoms with Gasteiger partial charge in [0.1, 0.15) is 12.1 Å². The molecule has 0 spiro atoms. The molecule has 36 heavy (non-hydrogen) atoms. The van der Waals surface area contributed by atoms with Gasteiger partial charge in [-0.15, -0.1) is 0 Å². The van der Waals surface area contributed by atoms with Crippen LogP contribution in [0.25, 0.3) is 0 Å². The number of nitrogens with one attached hydrogen (secondary N) is 2. The van der Waals surface area contributed by atoms with E-state index in [2.05, 4.69) is 25.6 Å². The maximum Gasteiger partial charge on any atom is 0.232 e. The second-order valence-electron chi connectivity index (χ2n) is 8.71. The predicted molar refractivity (Wildman–Crippen MR) is 137 cm³/mol. The third-order valence-electron chi connectivity index (χ3n) is 5.32. The largest absolute Gasteiger partial charge is 0.494 e. The van der Waals surface area contributed by atoms with Gasteiger partial charge in [-0.3, -0.25) is 0 Å². The zero-order chi connectivity index (χ0) is 29.1. The molecule has 1 aromatic heterocycles. The monoisotopic (exact) mass is 505 g/mol. The average molecular weight is 506 g/mol. The number of aliphatic hydroxyl groups is 1. The van der Waals surface area contributed by atoms with E-state index in [9.17, 15) is 13.9 Å². The highest BCUT2D eigenvalue weighted by atomic mass is 19.2. The number of ether oxygens (including phenoxy) is 1. The highest BCUT2D eigenvalue weighted by Gasteiger charge is 2.23. The van der Waals surface area contributed by atoms with Crippen molar-refractivity contribution in [3.05, 3.63) is 47.8 Å². The summed E-state index contributed by atoms with van der Waals surface area (Å²) in [7, 11) is 4.79. The summed E-state index contributed by atoms with van der Waals surface area (Å²) in [5, 5.41) is 16.2. The molecule has 1 heterocycles. The van der Waals surface area contributed by atoms with E-state index in [0.29, 0.717) is 29.4 Å². The number of hydrogen-bond donors (Lipinski definition) is 4. The van der Waals surface area contributed by atoms with Gasteiger partial charge < -0.3 is 36.0 Å². The van der Waals surface area contributed by atoms with Crippen molar-refractivity contribution in [3.63, 3.8) is 0 Å². The molecule has 10 nitrogen and oxygen atoms in total. The first-order valence-corrected chi connectivity index (χ1v) is 10.9. The molecule has 0 saturated carbocycles. The summed E-state index contributed by atoms with van der Waals surface area (Å²) in [4.78, 5) is 15.5. The van der Waals surface area contributed by atoms with Gasteiger partial charge in [0.15, 0.2) is 11.6 Å². The Bertz CT molecular complexity index is 1320. The van der Waals surface area contributed by atoms with Gasteiger partial charge in [-0.25, -0.2) is 18.7 Å². The van der Waals surface area contributed by atoms with Crippen molar-refractivity contribution in [1.29, 1.82) is 0 Å². The Balaban J connectivity index is 1.83. The fourth-order valence-corrected chi connectivity index (χ4v) is 3.42. The molecule has 12 heteroatoms. The lowest BCUT2D eigenvalue weighted by atomic mass is 9.96. The summed E-state index contributed by atoms with van der Waals surface area (Å²) in [5.74, 6) is -1.69. The Morgan fingerprint density at radius 3 is 2.31 bits per heavy atom. The number of nitrogens with zero attached hydrogens (tertiary/aromatic N) is 5. The number of hydrogen-bond acceptors (Lipinski definition) is 10. The third-order valence-corrected chi connectivity index (χ3v) is 5.32. The number of aromatic nitrogens is 3. The minimum absolute atomic E-state index is 0.00526. The van der Waals surface area contributed by atoms with Crippen LogP contribution in [0.4, 0.5) is 43.4 Å². The van der Waals surface area contributed by atoms with E-state index in [0.717, 1.165) is 12.1 Å². The molecule has 0 bridgehead atoms. The van der Waals surface area contributed by atoms with Crippen LogP contribution in [0.5, 0.6) is 5.75 Å². The lowest BCUT2D eigenvalue weighted by molar-refractivity contribution is 0.0789. The molecule has 0 aliphatic heterocycles. The number of likely N-dealkylation sites (N-methyl/N-ethyl adjacent to an activating group) is 2. The number of benzene rings is 2. The van der Waals surface area contributed by atoms with Gasteiger partial charge in [0.25, 0.3) is 0 Å². The molecular weight excluding hydrogens is 470 g/mol. The van der Waals surface area contributed by atoms with E-state index in [1.165, 1.54) is 39.2 Å². The van der Waals surface area contributed by atoms with E-state index in [-0.39, 0.29) is 29.7 Å². The first-order chi connectivity index (χ1) is 18.1. The lowest BCUT2D eigenvalue weighted by Gasteiger charge is -2.24. The summed E-state index contributed by atoms with van der Waals surface area (Å²) in [6.07, 6.45) is 1.21. The second kappa shape index (κ2) is 10.9. The summed E-state index contributed by atoms with van der Waals surface area (Å²) in [6, 6.07) is 5.14. The molecule has 0 radical (unpaired) electrons. The molecule has 0 atom stereocenters. The number of nitrogen functional groups attached to an aromatic ring is 1. The first kappa shape index (κ1) is 22.7. The SMILES string of the molecule is [2H]C([2H])([2H])N(C)CCN(C)c1cc(OC)c(Nc2ncnc(Nc3cc(F)c(F)cc3C(C)(C)O)n2)cc1N. The standard InChI is InChI=1S/C24H32F2N8O2/c1-24(2,35)14-9-15(25)16(26)10-18(14)30-22-28-13-29-23(32-22)31-19-11-17(27)20(12-21(19)36-6)34(5)8-7-33(3)4/h9-13,35H,7-8,27H2,1-6H3,(H2,28,29,30,31,32)/i3D3. The van der Waals surface area contributed by atoms with Crippen LogP contribution in [0.2, 0.25) is 0 Å². The number of methoxy groups -OCH3 is 1. The Kier molecular flexibility index (Phi) is 6.85. The maximum atomic E-state index is 13.9. The molecule has 3 rings (SSSR count). The predicted octanol–water partition coefficient (Wildman–Crippen LogP) is 3.45. The second-order valence-corrected chi connectivity index (χ2v) is 8.71. The summed E-state index contributed by atoms with van der Waals surface area (Å²) in [6.45, 7) is 1.36. The summed E-state index contributed by atoms with van der Waals surface area (Å²) >= 11 is 0. The van der Waals surface area contributed by atoms with Crippen LogP contribution < -0.4 is 26.0 Å². The van der Waals surface area contributed by atoms with Gasteiger partial charge in [0, 0.05) is 41.9 Å². The average Bonchev–Trinajstić information content (AvgIpc) is 2.83. The van der Waals surface area contributed by atoms with Crippen LogP contribution in [-0.4, -0.2) is 66.2 Å².